The molecule has 18 aromatic rings. The highest BCUT2D eigenvalue weighted by atomic mass is 15.2. The molecular weight excluding hydrogens is 1290 g/mol. The maximum absolute atomic E-state index is 10.0. The van der Waals surface area contributed by atoms with Crippen molar-refractivity contribution in [3.8, 4) is 50.2 Å². The molecule has 2 aliphatic rings. The first-order valence-electron chi connectivity index (χ1n) is 41.3. The van der Waals surface area contributed by atoms with Gasteiger partial charge in [0.05, 0.1) is 49.9 Å². The van der Waals surface area contributed by atoms with Gasteiger partial charge in [0.1, 0.15) is 0 Å². The molecule has 5 heteroatoms. The summed E-state index contributed by atoms with van der Waals surface area (Å²) in [4.78, 5) is 5.07. The molecule has 0 atom stereocenters. The van der Waals surface area contributed by atoms with Gasteiger partial charge in [-0.25, -0.2) is 0 Å². The molecule has 0 saturated heterocycles. The molecule has 0 saturated carbocycles. The average Bonchev–Trinajstić information content (AvgIpc) is 1.64. The fourth-order valence-corrected chi connectivity index (χ4v) is 17.4. The van der Waals surface area contributed by atoms with E-state index < -0.39 is 43.0 Å². The van der Waals surface area contributed by atoms with E-state index in [4.69, 9.17) is 0 Å². The number of rotatable bonds is 7. The fraction of sp³-hybridized carbons (Fsp3) is 0.118. The van der Waals surface area contributed by atoms with Crippen molar-refractivity contribution in [1.82, 2.24) is 8.97 Å². The second-order valence-corrected chi connectivity index (χ2v) is 32.2. The van der Waals surface area contributed by atoms with Crippen LogP contribution in [0.25, 0.3) is 132 Å². The van der Waals surface area contributed by atoms with Gasteiger partial charge in [-0.15, -0.1) is 0 Å². The standard InChI is InChI=1S/C102H81BN4/c1-100(2,3)70-56-69(57-71(59-70)101(4,5)6)68-50-54-86-91(58-68)104(73-51-48-65(49-52-73)64-30-13-10-14-31-64)94-63-93-95(83-44-29-43-82-78-39-22-20-37-76(78)75-36-19-21-38-77(75)79-40-23-28-47-90(79)106(93)97(82)83)99-96(94)103(86)87-55-53-74(105-88-45-26-24-41-80(88)81-42-25-27-46-89(81)105)62-92(87)107(99)98-84(66-32-15-11-16-33-66)60-72(102(7,8)9)61-85(98)67-34-17-12-18-35-67/h10-63H,1-9H3/i24D,25D,26D,27D,41D,42D,45D,46D. The number of aromatic nitrogens is 2. The maximum atomic E-state index is 10.0. The lowest BCUT2D eigenvalue weighted by molar-refractivity contribution is 0.569. The van der Waals surface area contributed by atoms with Crippen LogP contribution in [0.5, 0.6) is 0 Å². The Bertz CT molecular complexity index is 7080. The average molecular weight is 1380 g/mol. The van der Waals surface area contributed by atoms with Crippen molar-refractivity contribution >= 4 is 139 Å². The summed E-state index contributed by atoms with van der Waals surface area (Å²) in [6.07, 6.45) is 0. The van der Waals surface area contributed by atoms with E-state index >= 15 is 0 Å². The molecule has 0 aliphatic carbocycles. The molecule has 15 aromatic carbocycles. The van der Waals surface area contributed by atoms with Crippen molar-refractivity contribution in [3.05, 3.63) is 344 Å². The SMILES string of the molecule is [2H]c1c([2H])c([2H])c2c(c1[2H])c1c([2H])c([2H])c([2H])c([2H])c1n2-c1ccc2c(c1)N(c1c(-c3ccccc3)cc(C(C)(C)C)cc1-c1ccccc1)c1c3c(cc4c1c1cccc5c6ccccc6c6ccccc6c6ccccc6n4c51)N(c1ccc(-c4ccccc4)cc1)c1cc(-c4cc(C(C)(C)C)cc(C(C)(C)C)c4)ccc1B23. The van der Waals surface area contributed by atoms with Crippen LogP contribution in [0, 0.1) is 0 Å². The first-order chi connectivity index (χ1) is 55.3. The summed E-state index contributed by atoms with van der Waals surface area (Å²) in [6.45, 7) is 20.0. The van der Waals surface area contributed by atoms with E-state index in [1.165, 1.54) is 11.1 Å². The van der Waals surface area contributed by atoms with Crippen LogP contribution in [0.1, 0.15) is 90.0 Å². The largest absolute Gasteiger partial charge is 0.311 e. The Balaban J connectivity index is 1.05. The molecule has 0 radical (unpaired) electrons. The zero-order valence-electron chi connectivity index (χ0n) is 69.4. The zero-order chi connectivity index (χ0) is 79.3. The highest BCUT2D eigenvalue weighted by molar-refractivity contribution is 7.00. The van der Waals surface area contributed by atoms with Crippen molar-refractivity contribution in [3.63, 3.8) is 0 Å². The van der Waals surface area contributed by atoms with Crippen LogP contribution >= 0.6 is 0 Å². The molecule has 5 heterocycles. The van der Waals surface area contributed by atoms with Gasteiger partial charge in [-0.1, -0.05) is 323 Å². The van der Waals surface area contributed by atoms with E-state index in [9.17, 15) is 11.0 Å². The Morgan fingerprint density at radius 2 is 0.738 bits per heavy atom. The third-order valence-electron chi connectivity index (χ3n) is 22.7. The van der Waals surface area contributed by atoms with Gasteiger partial charge in [0, 0.05) is 71.9 Å². The van der Waals surface area contributed by atoms with Gasteiger partial charge in [-0.3, -0.25) is 0 Å². The molecule has 2 aliphatic heterocycles. The Hall–Kier alpha value is -12.4. The normalized spacial score (nSPS) is 14.1. The van der Waals surface area contributed by atoms with E-state index in [2.05, 4.69) is 350 Å². The van der Waals surface area contributed by atoms with E-state index in [0.29, 0.717) is 5.69 Å². The molecule has 0 unspecified atom stereocenters. The Kier molecular flexibility index (Phi) is 12.6. The molecule has 107 heavy (non-hydrogen) atoms. The molecule has 0 spiro atoms. The molecule has 20 rings (SSSR count). The molecule has 512 valence electrons. The van der Waals surface area contributed by atoms with Crippen molar-refractivity contribution < 1.29 is 11.0 Å². The topological polar surface area (TPSA) is 15.8 Å². The predicted octanol–water partition coefficient (Wildman–Crippen LogP) is 26.0. The highest BCUT2D eigenvalue weighted by Gasteiger charge is 2.47. The lowest BCUT2D eigenvalue weighted by atomic mass is 9.33. The van der Waals surface area contributed by atoms with Crippen LogP contribution in [0.2, 0.25) is 0 Å². The van der Waals surface area contributed by atoms with E-state index in [1.54, 1.807) is 4.57 Å². The van der Waals surface area contributed by atoms with Gasteiger partial charge in [0.2, 0.25) is 0 Å². The monoisotopic (exact) mass is 1380 g/mol. The summed E-state index contributed by atoms with van der Waals surface area (Å²) < 4.78 is 80.9. The number of hydrogen-bond donors (Lipinski definition) is 0. The summed E-state index contributed by atoms with van der Waals surface area (Å²) in [5.41, 5.74) is 23.1. The van der Waals surface area contributed by atoms with E-state index in [1.807, 2.05) is 6.07 Å². The number of benzene rings is 15. The first-order valence-corrected chi connectivity index (χ1v) is 37.3. The van der Waals surface area contributed by atoms with Crippen LogP contribution in [0.4, 0.5) is 34.1 Å². The van der Waals surface area contributed by atoms with E-state index in [-0.39, 0.29) is 50.1 Å². The van der Waals surface area contributed by atoms with Gasteiger partial charge in [0.25, 0.3) is 6.71 Å². The smallest absolute Gasteiger partial charge is 0.252 e. The lowest BCUT2D eigenvalue weighted by Crippen LogP contribution is -2.61. The van der Waals surface area contributed by atoms with Gasteiger partial charge in [-0.05, 0) is 171 Å². The molecule has 0 N–H and O–H groups in total. The minimum atomic E-state index is -0.535. The van der Waals surface area contributed by atoms with Crippen LogP contribution in [-0.4, -0.2) is 15.7 Å². The quantitative estimate of drug-likeness (QED) is 0.148. The van der Waals surface area contributed by atoms with Crippen molar-refractivity contribution in [2.24, 2.45) is 0 Å². The number of fused-ring (bicyclic) bond motifs is 18. The van der Waals surface area contributed by atoms with Gasteiger partial charge in [0.15, 0.2) is 0 Å². The lowest BCUT2D eigenvalue weighted by Gasteiger charge is -2.45. The Labute approximate surface area is 637 Å². The highest BCUT2D eigenvalue weighted by Crippen LogP contribution is 2.56. The number of para-hydroxylation sites is 4. The summed E-state index contributed by atoms with van der Waals surface area (Å²) >= 11 is 0. The van der Waals surface area contributed by atoms with Crippen molar-refractivity contribution in [2.45, 2.75) is 78.6 Å². The van der Waals surface area contributed by atoms with Crippen molar-refractivity contribution in [2.75, 3.05) is 9.80 Å². The molecular formula is C102H81BN4. The maximum Gasteiger partial charge on any atom is 0.252 e. The van der Waals surface area contributed by atoms with E-state index in [0.717, 1.165) is 160 Å². The summed E-state index contributed by atoms with van der Waals surface area (Å²) in [5.74, 6) is 0. The fourth-order valence-electron chi connectivity index (χ4n) is 17.4. The predicted molar refractivity (Wildman–Crippen MR) is 460 cm³/mol. The van der Waals surface area contributed by atoms with Crippen LogP contribution in [0.15, 0.2) is 327 Å². The molecule has 3 aromatic heterocycles. The van der Waals surface area contributed by atoms with Crippen LogP contribution < -0.4 is 26.2 Å². The van der Waals surface area contributed by atoms with Crippen LogP contribution in [-0.2, 0) is 16.2 Å². The second-order valence-electron chi connectivity index (χ2n) is 32.2. The molecule has 0 amide bonds. The third kappa shape index (κ3) is 10.1. The summed E-state index contributed by atoms with van der Waals surface area (Å²) in [6, 6.07) is 98.8. The second kappa shape index (κ2) is 24.1. The number of anilines is 6. The minimum Gasteiger partial charge on any atom is -0.311 e. The number of nitrogens with zero attached hydrogens (tertiary/aromatic N) is 4. The van der Waals surface area contributed by atoms with Crippen molar-refractivity contribution in [1.29, 1.82) is 0 Å². The van der Waals surface area contributed by atoms with Gasteiger partial charge >= 0.3 is 0 Å². The zero-order valence-corrected chi connectivity index (χ0v) is 61.4. The summed E-state index contributed by atoms with van der Waals surface area (Å²) in [7, 11) is 0. The molecule has 4 nitrogen and oxygen atoms in total. The third-order valence-corrected chi connectivity index (χ3v) is 22.7. The molecule has 0 fully saturated rings. The first kappa shape index (κ1) is 56.0. The number of hydrogen-bond acceptors (Lipinski definition) is 2. The minimum absolute atomic E-state index is 0.00702. The Morgan fingerprint density at radius 1 is 0.290 bits per heavy atom. The van der Waals surface area contributed by atoms with Gasteiger partial charge in [-0.2, -0.15) is 0 Å². The van der Waals surface area contributed by atoms with Crippen LogP contribution in [0.3, 0.4) is 0 Å². The Morgan fingerprint density at radius 3 is 1.32 bits per heavy atom. The summed E-state index contributed by atoms with van der Waals surface area (Å²) in [5, 5.41) is 8.56. The van der Waals surface area contributed by atoms with Gasteiger partial charge < -0.3 is 18.8 Å². The molecule has 0 bridgehead atoms.